The molecule has 1 aromatic heterocycles. The van der Waals surface area contributed by atoms with Gasteiger partial charge >= 0.3 is 5.97 Å². The van der Waals surface area contributed by atoms with Gasteiger partial charge in [-0.2, -0.15) is 4.31 Å². The Kier molecular flexibility index (Phi) is 8.52. The minimum atomic E-state index is -3.32. The number of hydrogen-bond donors (Lipinski definition) is 2. The highest BCUT2D eigenvalue weighted by Gasteiger charge is 2.39. The number of carbonyl (C=O) groups excluding carboxylic acids is 1. The molecule has 0 saturated carbocycles. The van der Waals surface area contributed by atoms with Crippen molar-refractivity contribution in [2.24, 2.45) is 5.92 Å². The second-order valence-corrected chi connectivity index (χ2v) is 12.8. The summed E-state index contributed by atoms with van der Waals surface area (Å²) in [7, 11) is -1.95. The average Bonchev–Trinajstić information content (AvgIpc) is 3.62. The molecule has 2 aliphatic heterocycles. The topological polar surface area (TPSA) is 111 Å². The van der Waals surface area contributed by atoms with Crippen LogP contribution >= 0.6 is 10.8 Å². The van der Waals surface area contributed by atoms with Crippen LogP contribution in [0.3, 0.4) is 0 Å². The summed E-state index contributed by atoms with van der Waals surface area (Å²) in [5.74, 6) is -0.755. The molecule has 2 aliphatic rings. The van der Waals surface area contributed by atoms with Crippen LogP contribution in [0.1, 0.15) is 61.3 Å². The summed E-state index contributed by atoms with van der Waals surface area (Å²) in [6.45, 7) is 9.21. The molecule has 2 aromatic carbocycles. The largest absolute Gasteiger partial charge is 0.487 e. The lowest BCUT2D eigenvalue weighted by atomic mass is 9.84. The molecule has 0 amide bonds. The molecule has 5 rings (SSSR count). The Bertz CT molecular complexity index is 1380. The van der Waals surface area contributed by atoms with Crippen LogP contribution < -0.4 is 4.74 Å². The molecule has 41 heavy (non-hydrogen) atoms. The smallest absolute Gasteiger partial charge is 0.309 e. The normalized spacial score (nSPS) is 22.2. The number of carbonyl (C=O) groups is 1. The summed E-state index contributed by atoms with van der Waals surface area (Å²) < 4.78 is 53.8. The van der Waals surface area contributed by atoms with E-state index in [0.29, 0.717) is 48.3 Å². The molecule has 2 N–H and O–H groups in total. The Labute approximate surface area is 242 Å². The monoisotopic (exact) mass is 585 g/mol. The second-order valence-electron chi connectivity index (χ2n) is 10.8. The SMILES string of the molecule is CCC1CN(Cc2cc(C(c3ccc(C4(C)OCCO4)o3)C(C)C(=O)OC)ccc2C)S(O)(O)c2ccccc2O1. The van der Waals surface area contributed by atoms with Crippen molar-refractivity contribution in [1.29, 1.82) is 0 Å². The Morgan fingerprint density at radius 2 is 1.88 bits per heavy atom. The number of aryl methyl sites for hydroxylation is 1. The Hall–Kier alpha value is -2.86. The number of esters is 1. The van der Waals surface area contributed by atoms with Gasteiger partial charge in [-0.15, -0.1) is 10.8 Å². The molecular weight excluding hydrogens is 546 g/mol. The maximum Gasteiger partial charge on any atom is 0.309 e. The van der Waals surface area contributed by atoms with E-state index < -0.39 is 28.4 Å². The lowest BCUT2D eigenvalue weighted by Crippen LogP contribution is -2.34. The van der Waals surface area contributed by atoms with Crippen LogP contribution in [0.2, 0.25) is 0 Å². The molecule has 3 aromatic rings. The van der Waals surface area contributed by atoms with Crippen molar-refractivity contribution in [3.05, 3.63) is 82.8 Å². The van der Waals surface area contributed by atoms with E-state index >= 15 is 0 Å². The Balaban J connectivity index is 1.52. The number of benzene rings is 2. The lowest BCUT2D eigenvalue weighted by Gasteiger charge is -2.42. The molecular formula is C31H39NO8S. The highest BCUT2D eigenvalue weighted by atomic mass is 32.3. The van der Waals surface area contributed by atoms with Gasteiger partial charge in [0.05, 0.1) is 38.7 Å². The number of ether oxygens (including phenoxy) is 4. The van der Waals surface area contributed by atoms with Crippen molar-refractivity contribution in [1.82, 2.24) is 4.31 Å². The fourth-order valence-corrected chi connectivity index (χ4v) is 7.13. The highest BCUT2D eigenvalue weighted by Crippen LogP contribution is 2.57. The van der Waals surface area contributed by atoms with Gasteiger partial charge in [0, 0.05) is 6.54 Å². The van der Waals surface area contributed by atoms with Gasteiger partial charge in [0.2, 0.25) is 5.79 Å². The number of para-hydroxylation sites is 1. The van der Waals surface area contributed by atoms with Crippen LogP contribution in [-0.2, 0) is 31.3 Å². The summed E-state index contributed by atoms with van der Waals surface area (Å²) >= 11 is 0. The molecule has 9 nitrogen and oxygen atoms in total. The van der Waals surface area contributed by atoms with E-state index in [0.717, 1.165) is 16.7 Å². The summed E-state index contributed by atoms with van der Waals surface area (Å²) in [5.41, 5.74) is 2.73. The summed E-state index contributed by atoms with van der Waals surface area (Å²) in [4.78, 5) is 13.2. The van der Waals surface area contributed by atoms with E-state index in [1.807, 2.05) is 64.1 Å². The first-order chi connectivity index (χ1) is 19.6. The maximum absolute atomic E-state index is 12.8. The Morgan fingerprint density at radius 3 is 2.59 bits per heavy atom. The van der Waals surface area contributed by atoms with Crippen molar-refractivity contribution >= 4 is 16.7 Å². The van der Waals surface area contributed by atoms with Crippen molar-refractivity contribution in [3.8, 4) is 5.75 Å². The van der Waals surface area contributed by atoms with Gasteiger partial charge in [-0.25, -0.2) is 0 Å². The fraction of sp³-hybridized carbons (Fsp3) is 0.452. The van der Waals surface area contributed by atoms with Gasteiger partial charge in [0.1, 0.15) is 22.5 Å². The van der Waals surface area contributed by atoms with E-state index in [4.69, 9.17) is 23.4 Å². The summed E-state index contributed by atoms with van der Waals surface area (Å²) in [6.07, 6.45) is 0.508. The van der Waals surface area contributed by atoms with Crippen LogP contribution in [0.15, 0.2) is 63.9 Å². The third-order valence-electron chi connectivity index (χ3n) is 8.03. The number of methoxy groups -OCH3 is 1. The van der Waals surface area contributed by atoms with Crippen LogP contribution in [0.25, 0.3) is 0 Å². The summed E-state index contributed by atoms with van der Waals surface area (Å²) in [5, 5.41) is 0. The molecule has 0 spiro atoms. The predicted octanol–water partition coefficient (Wildman–Crippen LogP) is 6.45. The van der Waals surface area contributed by atoms with E-state index in [9.17, 15) is 13.9 Å². The first kappa shape index (κ1) is 29.6. The molecule has 222 valence electrons. The zero-order chi connectivity index (χ0) is 29.4. The first-order valence-corrected chi connectivity index (χ1v) is 15.4. The molecule has 1 saturated heterocycles. The maximum atomic E-state index is 12.8. The van der Waals surface area contributed by atoms with Crippen LogP contribution in [0.4, 0.5) is 0 Å². The zero-order valence-electron chi connectivity index (χ0n) is 24.2. The third kappa shape index (κ3) is 5.77. The van der Waals surface area contributed by atoms with Gasteiger partial charge in [0.15, 0.2) is 5.76 Å². The predicted molar refractivity (Wildman–Crippen MR) is 155 cm³/mol. The van der Waals surface area contributed by atoms with Crippen LogP contribution in [0.5, 0.6) is 5.75 Å². The fourth-order valence-electron chi connectivity index (χ4n) is 5.52. The average molecular weight is 586 g/mol. The van der Waals surface area contributed by atoms with Crippen molar-refractivity contribution in [2.45, 2.75) is 63.4 Å². The van der Waals surface area contributed by atoms with Crippen molar-refractivity contribution < 1.29 is 37.3 Å². The molecule has 3 heterocycles. The van der Waals surface area contributed by atoms with E-state index in [1.165, 1.54) is 7.11 Å². The first-order valence-electron chi connectivity index (χ1n) is 13.9. The number of furan rings is 1. The standard InChI is InChI=1S/C31H39NO8S/c1-6-24-19-32(41(34,35)27-10-8-7-9-25(27)39-24)18-23-17-22(12-11-20(23)2)29(21(3)30(33)36-5)26-13-14-28(40-26)31(4)37-15-16-38-31/h7-14,17,21,24,29,34-35H,6,15-16,18-19H2,1-5H3. The van der Waals surface area contributed by atoms with E-state index in [2.05, 4.69) is 0 Å². The number of fused-ring (bicyclic) bond motifs is 1. The van der Waals surface area contributed by atoms with Gasteiger partial charge in [-0.1, -0.05) is 44.2 Å². The zero-order valence-corrected chi connectivity index (χ0v) is 25.0. The number of hydrogen-bond acceptors (Lipinski definition) is 9. The molecule has 3 atom stereocenters. The van der Waals surface area contributed by atoms with Gasteiger partial charge in [0.25, 0.3) is 0 Å². The van der Waals surface area contributed by atoms with Crippen LogP contribution in [0, 0.1) is 12.8 Å². The Morgan fingerprint density at radius 1 is 1.15 bits per heavy atom. The quantitative estimate of drug-likeness (QED) is 0.288. The molecule has 0 bridgehead atoms. The highest BCUT2D eigenvalue weighted by molar-refractivity contribution is 8.22. The van der Waals surface area contributed by atoms with Crippen molar-refractivity contribution in [3.63, 3.8) is 0 Å². The van der Waals surface area contributed by atoms with E-state index in [-0.39, 0.29) is 18.6 Å². The minimum Gasteiger partial charge on any atom is -0.487 e. The number of rotatable bonds is 8. The van der Waals surface area contributed by atoms with Crippen LogP contribution in [-0.4, -0.2) is 52.4 Å². The molecule has 10 heteroatoms. The van der Waals surface area contributed by atoms with Gasteiger partial charge in [-0.05, 0) is 61.2 Å². The molecule has 0 aliphatic carbocycles. The van der Waals surface area contributed by atoms with E-state index in [1.54, 1.807) is 22.5 Å². The van der Waals surface area contributed by atoms with Crippen molar-refractivity contribution in [2.75, 3.05) is 26.9 Å². The lowest BCUT2D eigenvalue weighted by molar-refractivity contribution is -0.163. The molecule has 0 radical (unpaired) electrons. The number of nitrogens with zero attached hydrogens (tertiary/aromatic N) is 1. The third-order valence-corrected chi connectivity index (χ3v) is 9.96. The summed E-state index contributed by atoms with van der Waals surface area (Å²) in [6, 6.07) is 16.7. The molecule has 1 fully saturated rings. The molecule has 3 unspecified atom stereocenters. The second kappa shape index (κ2) is 11.8. The van der Waals surface area contributed by atoms with Gasteiger partial charge in [-0.3, -0.25) is 13.9 Å². The minimum absolute atomic E-state index is 0.205. The van der Waals surface area contributed by atoms with Gasteiger partial charge < -0.3 is 23.4 Å².